The topological polar surface area (TPSA) is 68.1 Å². The van der Waals surface area contributed by atoms with Gasteiger partial charge >= 0.3 is 5.69 Å². The average molecular weight is 277 g/mol. The zero-order valence-corrected chi connectivity index (χ0v) is 11.6. The van der Waals surface area contributed by atoms with Crippen molar-refractivity contribution in [3.63, 3.8) is 0 Å². The second-order valence-corrected chi connectivity index (χ2v) is 5.50. The van der Waals surface area contributed by atoms with Crippen LogP contribution in [0.5, 0.6) is 0 Å². The molecule has 2 aromatic rings. The summed E-state index contributed by atoms with van der Waals surface area (Å²) in [6, 6.07) is 7.43. The molecule has 0 bridgehead atoms. The highest BCUT2D eigenvalue weighted by molar-refractivity contribution is 7.99. The maximum Gasteiger partial charge on any atom is 0.311 e. The molecule has 2 rings (SSSR count). The van der Waals surface area contributed by atoms with Crippen LogP contribution in [0.3, 0.4) is 0 Å². The number of nitrogens with one attached hydrogen (secondary N) is 1. The van der Waals surface area contributed by atoms with E-state index in [0.717, 1.165) is 10.9 Å². The van der Waals surface area contributed by atoms with Crippen LogP contribution in [0.25, 0.3) is 10.9 Å². The Hall–Kier alpha value is -1.82. The Morgan fingerprint density at radius 2 is 2.21 bits per heavy atom. The first-order chi connectivity index (χ1) is 9.13. The van der Waals surface area contributed by atoms with Crippen molar-refractivity contribution in [3.05, 3.63) is 40.6 Å². The van der Waals surface area contributed by atoms with Gasteiger partial charge in [0.2, 0.25) is 0 Å². The number of anilines is 1. The Bertz CT molecular complexity index is 603. The molecule has 1 N–H and O–H groups in total. The number of para-hydroxylation sites is 1. The Labute approximate surface area is 115 Å². The van der Waals surface area contributed by atoms with E-state index < -0.39 is 4.92 Å². The third kappa shape index (κ3) is 2.96. The molecule has 0 aliphatic heterocycles. The first-order valence-electron chi connectivity index (χ1n) is 5.92. The van der Waals surface area contributed by atoms with Crippen LogP contribution in [-0.4, -0.2) is 28.0 Å². The van der Waals surface area contributed by atoms with E-state index in [1.807, 2.05) is 30.5 Å². The van der Waals surface area contributed by atoms with E-state index >= 15 is 0 Å². The highest BCUT2D eigenvalue weighted by atomic mass is 32.2. The minimum atomic E-state index is -0.397. The van der Waals surface area contributed by atoms with Crippen LogP contribution in [0, 0.1) is 10.1 Å². The fourth-order valence-corrected chi connectivity index (χ4v) is 2.03. The van der Waals surface area contributed by atoms with Gasteiger partial charge in [-0.2, -0.15) is 11.8 Å². The molecule has 0 radical (unpaired) electrons. The molecule has 1 aromatic carbocycles. The van der Waals surface area contributed by atoms with Crippen molar-refractivity contribution in [2.75, 3.05) is 18.1 Å². The molecule has 6 heteroatoms. The van der Waals surface area contributed by atoms with E-state index in [1.165, 1.54) is 6.20 Å². The van der Waals surface area contributed by atoms with Crippen LogP contribution in [0.4, 0.5) is 11.4 Å². The Balaban J connectivity index is 2.46. The van der Waals surface area contributed by atoms with Gasteiger partial charge in [-0.1, -0.05) is 25.1 Å². The maximum atomic E-state index is 11.1. The number of thioether (sulfide) groups is 1. The van der Waals surface area contributed by atoms with Crippen LogP contribution in [0.15, 0.2) is 30.5 Å². The highest BCUT2D eigenvalue weighted by Crippen LogP contribution is 2.31. The van der Waals surface area contributed by atoms with Crippen molar-refractivity contribution < 1.29 is 4.92 Å². The average Bonchev–Trinajstić information content (AvgIpc) is 2.43. The van der Waals surface area contributed by atoms with Crippen LogP contribution in [0.1, 0.15) is 6.92 Å². The van der Waals surface area contributed by atoms with Crippen molar-refractivity contribution >= 4 is 34.0 Å². The predicted molar refractivity (Wildman–Crippen MR) is 79.9 cm³/mol. The highest BCUT2D eigenvalue weighted by Gasteiger charge is 2.18. The van der Waals surface area contributed by atoms with Gasteiger partial charge in [-0.3, -0.25) is 10.1 Å². The molecule has 100 valence electrons. The fourth-order valence-electron chi connectivity index (χ4n) is 1.78. The molecule has 0 aliphatic rings. The molecule has 0 aliphatic carbocycles. The van der Waals surface area contributed by atoms with Gasteiger partial charge < -0.3 is 5.32 Å². The number of benzene rings is 1. The van der Waals surface area contributed by atoms with E-state index in [9.17, 15) is 10.1 Å². The molecule has 0 saturated heterocycles. The molecule has 0 saturated carbocycles. The molecule has 1 unspecified atom stereocenters. The summed E-state index contributed by atoms with van der Waals surface area (Å²) in [4.78, 5) is 14.8. The van der Waals surface area contributed by atoms with E-state index in [2.05, 4.69) is 17.2 Å². The third-order valence-electron chi connectivity index (χ3n) is 2.92. The van der Waals surface area contributed by atoms with Gasteiger partial charge in [0, 0.05) is 17.2 Å². The minimum Gasteiger partial charge on any atom is -0.378 e. The third-order valence-corrected chi connectivity index (χ3v) is 3.89. The summed E-state index contributed by atoms with van der Waals surface area (Å²) in [5.74, 6) is 0. The lowest BCUT2D eigenvalue weighted by atomic mass is 10.1. The molecular weight excluding hydrogens is 262 g/mol. The molecule has 1 atom stereocenters. The zero-order chi connectivity index (χ0) is 13.8. The van der Waals surface area contributed by atoms with E-state index in [4.69, 9.17) is 0 Å². The molecule has 1 heterocycles. The quantitative estimate of drug-likeness (QED) is 0.670. The molecule has 0 fully saturated rings. The summed E-state index contributed by atoms with van der Waals surface area (Å²) in [5.41, 5.74) is 1.33. The lowest BCUT2D eigenvalue weighted by molar-refractivity contribution is -0.384. The summed E-state index contributed by atoms with van der Waals surface area (Å²) >= 11 is 1.72. The second-order valence-electron chi connectivity index (χ2n) is 4.22. The SMILES string of the molecule is CSC(C)CNc1c([N+](=O)[O-])cnc2ccccc12. The number of aromatic nitrogens is 1. The summed E-state index contributed by atoms with van der Waals surface area (Å²) in [5, 5.41) is 15.4. The fraction of sp³-hybridized carbons (Fsp3) is 0.308. The van der Waals surface area contributed by atoms with Gasteiger partial charge in [0.1, 0.15) is 11.9 Å². The summed E-state index contributed by atoms with van der Waals surface area (Å²) < 4.78 is 0. The van der Waals surface area contributed by atoms with Crippen LogP contribution < -0.4 is 5.32 Å². The molecule has 1 aromatic heterocycles. The first kappa shape index (κ1) is 13.6. The van der Waals surface area contributed by atoms with E-state index in [-0.39, 0.29) is 5.69 Å². The number of hydrogen-bond acceptors (Lipinski definition) is 5. The van der Waals surface area contributed by atoms with Gasteiger partial charge in [0.25, 0.3) is 0 Å². The van der Waals surface area contributed by atoms with E-state index in [0.29, 0.717) is 17.5 Å². The minimum absolute atomic E-state index is 0.0204. The number of nitrogens with zero attached hydrogens (tertiary/aromatic N) is 2. The van der Waals surface area contributed by atoms with Crippen molar-refractivity contribution in [3.8, 4) is 0 Å². The summed E-state index contributed by atoms with van der Waals surface area (Å²) in [7, 11) is 0. The molecular formula is C13H15N3O2S. The number of fused-ring (bicyclic) bond motifs is 1. The smallest absolute Gasteiger partial charge is 0.311 e. The zero-order valence-electron chi connectivity index (χ0n) is 10.8. The van der Waals surface area contributed by atoms with Crippen molar-refractivity contribution in [1.82, 2.24) is 4.98 Å². The lowest BCUT2D eigenvalue weighted by Gasteiger charge is -2.13. The number of pyridine rings is 1. The standard InChI is InChI=1S/C13H15N3O2S/c1-9(19-2)7-15-13-10-5-3-4-6-11(10)14-8-12(13)16(17)18/h3-6,8-9H,7H2,1-2H3,(H,14,15). The predicted octanol–water partition coefficient (Wildman–Crippen LogP) is 3.31. The summed E-state index contributed by atoms with van der Waals surface area (Å²) in [6.07, 6.45) is 3.33. The van der Waals surface area contributed by atoms with Crippen molar-refractivity contribution in [2.24, 2.45) is 0 Å². The van der Waals surface area contributed by atoms with Gasteiger partial charge in [-0.05, 0) is 12.3 Å². The molecule has 5 nitrogen and oxygen atoms in total. The van der Waals surface area contributed by atoms with Crippen LogP contribution in [-0.2, 0) is 0 Å². The molecule has 0 amide bonds. The Morgan fingerprint density at radius 1 is 1.47 bits per heavy atom. The molecule has 19 heavy (non-hydrogen) atoms. The van der Waals surface area contributed by atoms with Gasteiger partial charge in [0.05, 0.1) is 10.4 Å². The normalized spacial score (nSPS) is 12.3. The Morgan fingerprint density at radius 3 is 2.89 bits per heavy atom. The summed E-state index contributed by atoms with van der Waals surface area (Å²) in [6.45, 7) is 2.75. The molecule has 0 spiro atoms. The van der Waals surface area contributed by atoms with Crippen molar-refractivity contribution in [2.45, 2.75) is 12.2 Å². The largest absolute Gasteiger partial charge is 0.378 e. The Kier molecular flexibility index (Phi) is 4.21. The van der Waals surface area contributed by atoms with Crippen molar-refractivity contribution in [1.29, 1.82) is 0 Å². The maximum absolute atomic E-state index is 11.1. The van der Waals surface area contributed by atoms with Gasteiger partial charge in [-0.15, -0.1) is 0 Å². The van der Waals surface area contributed by atoms with Crippen LogP contribution >= 0.6 is 11.8 Å². The van der Waals surface area contributed by atoms with Crippen LogP contribution in [0.2, 0.25) is 0 Å². The second kappa shape index (κ2) is 5.88. The van der Waals surface area contributed by atoms with Gasteiger partial charge in [-0.25, -0.2) is 4.98 Å². The number of nitro groups is 1. The number of hydrogen-bond donors (Lipinski definition) is 1. The lowest BCUT2D eigenvalue weighted by Crippen LogP contribution is -2.14. The number of rotatable bonds is 5. The van der Waals surface area contributed by atoms with E-state index in [1.54, 1.807) is 11.8 Å². The monoisotopic (exact) mass is 277 g/mol. The first-order valence-corrected chi connectivity index (χ1v) is 7.21. The van der Waals surface area contributed by atoms with Gasteiger partial charge in [0.15, 0.2) is 0 Å².